The molecule has 0 spiro atoms. The van der Waals surface area contributed by atoms with E-state index in [9.17, 15) is 18.0 Å². The maximum atomic E-state index is 12.7. The first kappa shape index (κ1) is 21.0. The number of sulfonamides is 1. The van der Waals surface area contributed by atoms with Gasteiger partial charge in [-0.15, -0.1) is 0 Å². The third-order valence-corrected chi connectivity index (χ3v) is 6.77. The van der Waals surface area contributed by atoms with Gasteiger partial charge < -0.3 is 10.1 Å². The lowest BCUT2D eigenvalue weighted by atomic mass is 10.1. The van der Waals surface area contributed by atoms with Crippen LogP contribution in [0.5, 0.6) is 0 Å². The Morgan fingerprint density at radius 3 is 2.48 bits per heavy atom. The molecule has 0 aliphatic carbocycles. The predicted octanol–water partition coefficient (Wildman–Crippen LogP) is 3.21. The summed E-state index contributed by atoms with van der Waals surface area (Å²) in [7, 11) is -3.61. The third kappa shape index (κ3) is 4.49. The van der Waals surface area contributed by atoms with Crippen LogP contribution in [0.1, 0.15) is 46.0 Å². The van der Waals surface area contributed by atoms with Gasteiger partial charge in [0.05, 0.1) is 17.1 Å². The van der Waals surface area contributed by atoms with E-state index < -0.39 is 21.9 Å². The van der Waals surface area contributed by atoms with E-state index in [1.54, 1.807) is 44.2 Å². The molecule has 0 unspecified atom stereocenters. The van der Waals surface area contributed by atoms with Crippen LogP contribution < -0.4 is 5.32 Å². The highest BCUT2D eigenvalue weighted by Crippen LogP contribution is 2.23. The highest BCUT2D eigenvalue weighted by Gasteiger charge is 2.27. The fraction of sp³-hybridized carbons (Fsp3) is 0.333. The number of rotatable bonds is 6. The molecule has 0 saturated carbocycles. The molecule has 2 aromatic carbocycles. The standard InChI is InChI=1S/C21H24N2O5S/c1-3-28-21(25)18-10-7-11-19(15(18)2)22-20(24)16-8-6-9-17(14-16)29(26,27)23-12-4-5-13-23/h6-11,14H,3-5,12-13H2,1-2H3,(H,22,24). The quantitative estimate of drug-likeness (QED) is 0.730. The molecule has 1 fully saturated rings. The van der Waals surface area contributed by atoms with Crippen LogP contribution in [0.2, 0.25) is 0 Å². The van der Waals surface area contributed by atoms with E-state index in [1.807, 2.05) is 0 Å². The molecular weight excluding hydrogens is 392 g/mol. The van der Waals surface area contributed by atoms with E-state index in [1.165, 1.54) is 16.4 Å². The Hall–Kier alpha value is -2.71. The number of hydrogen-bond acceptors (Lipinski definition) is 5. The van der Waals surface area contributed by atoms with Crippen molar-refractivity contribution in [3.05, 3.63) is 59.2 Å². The van der Waals surface area contributed by atoms with Crippen molar-refractivity contribution >= 4 is 27.6 Å². The molecule has 8 heteroatoms. The Morgan fingerprint density at radius 2 is 1.79 bits per heavy atom. The molecule has 1 aliphatic heterocycles. The first-order valence-corrected chi connectivity index (χ1v) is 11.0. The topological polar surface area (TPSA) is 92.8 Å². The summed E-state index contributed by atoms with van der Waals surface area (Å²) in [6.07, 6.45) is 1.69. The Morgan fingerprint density at radius 1 is 1.10 bits per heavy atom. The number of hydrogen-bond donors (Lipinski definition) is 1. The van der Waals surface area contributed by atoms with Gasteiger partial charge >= 0.3 is 5.97 Å². The van der Waals surface area contributed by atoms with Crippen LogP contribution in [0.4, 0.5) is 5.69 Å². The highest BCUT2D eigenvalue weighted by atomic mass is 32.2. The fourth-order valence-electron chi connectivity index (χ4n) is 3.27. The number of esters is 1. The largest absolute Gasteiger partial charge is 0.462 e. The van der Waals surface area contributed by atoms with Gasteiger partial charge in [-0.2, -0.15) is 4.31 Å². The van der Waals surface area contributed by atoms with E-state index in [0.29, 0.717) is 29.9 Å². The molecular formula is C21H24N2O5S. The Kier molecular flexibility index (Phi) is 6.34. The summed E-state index contributed by atoms with van der Waals surface area (Å²) in [5.41, 5.74) is 1.65. The SMILES string of the molecule is CCOC(=O)c1cccc(NC(=O)c2cccc(S(=O)(=O)N3CCCC3)c2)c1C. The van der Waals surface area contributed by atoms with E-state index >= 15 is 0 Å². The smallest absolute Gasteiger partial charge is 0.338 e. The van der Waals surface area contributed by atoms with E-state index in [4.69, 9.17) is 4.74 Å². The van der Waals surface area contributed by atoms with Gasteiger partial charge in [-0.3, -0.25) is 4.79 Å². The molecule has 154 valence electrons. The van der Waals surface area contributed by atoms with Crippen LogP contribution in [-0.4, -0.2) is 44.3 Å². The van der Waals surface area contributed by atoms with Crippen molar-refractivity contribution in [1.82, 2.24) is 4.31 Å². The summed E-state index contributed by atoms with van der Waals surface area (Å²) < 4.78 is 32.0. The number of benzene rings is 2. The summed E-state index contributed by atoms with van der Waals surface area (Å²) in [4.78, 5) is 24.9. The number of ether oxygens (including phenoxy) is 1. The fourth-order valence-corrected chi connectivity index (χ4v) is 4.83. The third-order valence-electron chi connectivity index (χ3n) is 4.88. The summed E-state index contributed by atoms with van der Waals surface area (Å²) in [5, 5.41) is 2.76. The van der Waals surface area contributed by atoms with E-state index in [0.717, 1.165) is 12.8 Å². The zero-order valence-corrected chi connectivity index (χ0v) is 17.3. The second kappa shape index (κ2) is 8.75. The summed E-state index contributed by atoms with van der Waals surface area (Å²) in [5.74, 6) is -0.910. The number of nitrogens with one attached hydrogen (secondary N) is 1. The van der Waals surface area contributed by atoms with Crippen molar-refractivity contribution in [2.45, 2.75) is 31.6 Å². The number of anilines is 1. The van der Waals surface area contributed by atoms with Gasteiger partial charge in [-0.05, 0) is 62.6 Å². The van der Waals surface area contributed by atoms with Crippen molar-refractivity contribution in [1.29, 1.82) is 0 Å². The van der Waals surface area contributed by atoms with E-state index in [2.05, 4.69) is 5.32 Å². The van der Waals surface area contributed by atoms with Crippen LogP contribution in [0.15, 0.2) is 47.4 Å². The predicted molar refractivity (Wildman–Crippen MR) is 110 cm³/mol. The molecule has 0 aromatic heterocycles. The molecule has 0 bridgehead atoms. The maximum absolute atomic E-state index is 12.7. The number of carbonyl (C=O) groups excluding carboxylic acids is 2. The first-order chi connectivity index (χ1) is 13.8. The minimum absolute atomic E-state index is 0.101. The van der Waals surface area contributed by atoms with Crippen molar-refractivity contribution in [3.63, 3.8) is 0 Å². The van der Waals surface area contributed by atoms with Gasteiger partial charge in [-0.25, -0.2) is 13.2 Å². The lowest BCUT2D eigenvalue weighted by Gasteiger charge is -2.16. The molecule has 29 heavy (non-hydrogen) atoms. The van der Waals surface area contributed by atoms with Gasteiger partial charge in [0.1, 0.15) is 0 Å². The van der Waals surface area contributed by atoms with Gasteiger partial charge in [-0.1, -0.05) is 12.1 Å². The molecule has 2 aromatic rings. The van der Waals surface area contributed by atoms with Crippen LogP contribution in [-0.2, 0) is 14.8 Å². The minimum Gasteiger partial charge on any atom is -0.462 e. The average Bonchev–Trinajstić information content (AvgIpc) is 3.25. The Bertz CT molecular complexity index is 1030. The molecule has 1 aliphatic rings. The molecule has 1 N–H and O–H groups in total. The van der Waals surface area contributed by atoms with Crippen LogP contribution in [0.25, 0.3) is 0 Å². The van der Waals surface area contributed by atoms with E-state index in [-0.39, 0.29) is 17.1 Å². The number of amides is 1. The van der Waals surface area contributed by atoms with Crippen LogP contribution in [0.3, 0.4) is 0 Å². The molecule has 0 atom stereocenters. The van der Waals surface area contributed by atoms with Crippen molar-refractivity contribution in [2.75, 3.05) is 25.0 Å². The summed E-state index contributed by atoms with van der Waals surface area (Å²) >= 11 is 0. The molecule has 7 nitrogen and oxygen atoms in total. The normalized spacial score (nSPS) is 14.6. The number of carbonyl (C=O) groups is 2. The average molecular weight is 416 g/mol. The summed E-state index contributed by atoms with van der Waals surface area (Å²) in [6, 6.07) is 11.0. The highest BCUT2D eigenvalue weighted by molar-refractivity contribution is 7.89. The van der Waals surface area contributed by atoms with Crippen molar-refractivity contribution in [3.8, 4) is 0 Å². The first-order valence-electron chi connectivity index (χ1n) is 9.53. The van der Waals surface area contributed by atoms with Gasteiger partial charge in [0.2, 0.25) is 10.0 Å². The van der Waals surface area contributed by atoms with Gasteiger partial charge in [0.25, 0.3) is 5.91 Å². The Labute approximate surface area is 170 Å². The molecule has 1 amide bonds. The second-order valence-electron chi connectivity index (χ2n) is 6.79. The zero-order valence-electron chi connectivity index (χ0n) is 16.5. The molecule has 1 saturated heterocycles. The molecule has 3 rings (SSSR count). The zero-order chi connectivity index (χ0) is 21.0. The monoisotopic (exact) mass is 416 g/mol. The van der Waals surface area contributed by atoms with Gasteiger partial charge in [0.15, 0.2) is 0 Å². The lowest BCUT2D eigenvalue weighted by molar-refractivity contribution is 0.0525. The second-order valence-corrected chi connectivity index (χ2v) is 8.73. The van der Waals surface area contributed by atoms with Crippen molar-refractivity contribution in [2.24, 2.45) is 0 Å². The lowest BCUT2D eigenvalue weighted by Crippen LogP contribution is -2.28. The van der Waals surface area contributed by atoms with Crippen molar-refractivity contribution < 1.29 is 22.7 Å². The minimum atomic E-state index is -3.61. The Balaban J connectivity index is 1.84. The van der Waals surface area contributed by atoms with Crippen LogP contribution in [0, 0.1) is 6.92 Å². The maximum Gasteiger partial charge on any atom is 0.338 e. The number of nitrogens with zero attached hydrogens (tertiary/aromatic N) is 1. The van der Waals surface area contributed by atoms with Gasteiger partial charge in [0, 0.05) is 24.3 Å². The van der Waals surface area contributed by atoms with Crippen LogP contribution >= 0.6 is 0 Å². The summed E-state index contributed by atoms with van der Waals surface area (Å²) in [6.45, 7) is 4.70. The molecule has 0 radical (unpaired) electrons. The molecule has 1 heterocycles.